The van der Waals surface area contributed by atoms with Crippen molar-refractivity contribution in [1.82, 2.24) is 5.32 Å². The van der Waals surface area contributed by atoms with E-state index in [1.54, 1.807) is 42.5 Å². The normalized spacial score (nSPS) is 11.5. The highest BCUT2D eigenvalue weighted by Gasteiger charge is 2.23. The second-order valence-corrected chi connectivity index (χ2v) is 6.43. The number of hydrogen-bond donors (Lipinski definition) is 4. The van der Waals surface area contributed by atoms with Crippen LogP contribution in [0, 0.1) is 0 Å². The molecule has 0 radical (unpaired) electrons. The van der Waals surface area contributed by atoms with Crippen molar-refractivity contribution >= 4 is 52.4 Å². The van der Waals surface area contributed by atoms with Crippen LogP contribution in [0.1, 0.15) is 12.0 Å². The predicted octanol–water partition coefficient (Wildman–Crippen LogP) is 3.32. The van der Waals surface area contributed by atoms with Gasteiger partial charge in [-0.05, 0) is 23.8 Å². The standard InChI is InChI=1S/C18H16Cl2N2O5/c19-11-5-3-6-12(20)17(11)22-13-7-2-1-4-10(13)8-15(23)21-14(18(26)27)9-16(24)25/h1-7,14,22H,8-9H2,(H,21,23)(H,24,25)(H,26,27)/t14-/m0/s1. The summed E-state index contributed by atoms with van der Waals surface area (Å²) in [7, 11) is 0. The Morgan fingerprint density at radius 3 is 2.19 bits per heavy atom. The summed E-state index contributed by atoms with van der Waals surface area (Å²) >= 11 is 12.3. The topological polar surface area (TPSA) is 116 Å². The van der Waals surface area contributed by atoms with Gasteiger partial charge < -0.3 is 20.8 Å². The van der Waals surface area contributed by atoms with Crippen molar-refractivity contribution in [2.24, 2.45) is 0 Å². The lowest BCUT2D eigenvalue weighted by Gasteiger charge is -2.16. The summed E-state index contributed by atoms with van der Waals surface area (Å²) in [5.74, 6) is -3.36. The molecule has 0 spiro atoms. The molecule has 2 aromatic carbocycles. The molecule has 0 saturated carbocycles. The Morgan fingerprint density at radius 1 is 0.963 bits per heavy atom. The van der Waals surface area contributed by atoms with Gasteiger partial charge in [0.1, 0.15) is 6.04 Å². The molecule has 1 amide bonds. The summed E-state index contributed by atoms with van der Waals surface area (Å²) < 4.78 is 0. The first-order valence-electron chi connectivity index (χ1n) is 7.81. The molecule has 27 heavy (non-hydrogen) atoms. The third-order valence-electron chi connectivity index (χ3n) is 3.60. The molecule has 0 aliphatic rings. The van der Waals surface area contributed by atoms with Gasteiger partial charge in [0.25, 0.3) is 0 Å². The third kappa shape index (κ3) is 5.87. The highest BCUT2D eigenvalue weighted by molar-refractivity contribution is 6.39. The zero-order valence-electron chi connectivity index (χ0n) is 13.9. The van der Waals surface area contributed by atoms with Crippen LogP contribution < -0.4 is 10.6 Å². The van der Waals surface area contributed by atoms with Crippen LogP contribution in [0.4, 0.5) is 11.4 Å². The maximum atomic E-state index is 12.2. The van der Waals surface area contributed by atoms with E-state index in [-0.39, 0.29) is 6.42 Å². The number of aliphatic carboxylic acids is 2. The molecular formula is C18H16Cl2N2O5. The van der Waals surface area contributed by atoms with Gasteiger partial charge in [-0.3, -0.25) is 9.59 Å². The molecule has 1 atom stereocenters. The minimum Gasteiger partial charge on any atom is -0.481 e. The van der Waals surface area contributed by atoms with E-state index >= 15 is 0 Å². The predicted molar refractivity (Wildman–Crippen MR) is 102 cm³/mol. The first-order valence-corrected chi connectivity index (χ1v) is 8.56. The fraction of sp³-hybridized carbons (Fsp3) is 0.167. The van der Waals surface area contributed by atoms with Crippen molar-refractivity contribution in [3.05, 3.63) is 58.1 Å². The summed E-state index contributed by atoms with van der Waals surface area (Å²) in [6, 6.07) is 10.4. The van der Waals surface area contributed by atoms with E-state index in [2.05, 4.69) is 10.6 Å². The number of nitrogens with one attached hydrogen (secondary N) is 2. The molecule has 7 nitrogen and oxygen atoms in total. The highest BCUT2D eigenvalue weighted by Crippen LogP contribution is 2.33. The number of hydrogen-bond acceptors (Lipinski definition) is 4. The van der Waals surface area contributed by atoms with Crippen molar-refractivity contribution in [3.8, 4) is 0 Å². The fourth-order valence-corrected chi connectivity index (χ4v) is 2.83. The molecule has 0 heterocycles. The molecule has 2 aromatic rings. The number of carbonyl (C=O) groups is 3. The van der Waals surface area contributed by atoms with Crippen LogP contribution in [0.3, 0.4) is 0 Å². The molecule has 0 saturated heterocycles. The van der Waals surface area contributed by atoms with Crippen molar-refractivity contribution in [2.45, 2.75) is 18.9 Å². The van der Waals surface area contributed by atoms with Crippen LogP contribution in [-0.2, 0) is 20.8 Å². The number of carbonyl (C=O) groups excluding carboxylic acids is 1. The molecule has 0 aliphatic carbocycles. The Kier molecular flexibility index (Phi) is 7.04. The van der Waals surface area contributed by atoms with Crippen LogP contribution in [0.25, 0.3) is 0 Å². The lowest BCUT2D eigenvalue weighted by Crippen LogP contribution is -2.42. The van der Waals surface area contributed by atoms with Gasteiger partial charge in [-0.1, -0.05) is 47.5 Å². The molecule has 0 fully saturated rings. The van der Waals surface area contributed by atoms with E-state index in [1.807, 2.05) is 0 Å². The van der Waals surface area contributed by atoms with E-state index in [0.717, 1.165) is 0 Å². The lowest BCUT2D eigenvalue weighted by molar-refractivity contribution is -0.147. The number of rotatable bonds is 8. The van der Waals surface area contributed by atoms with Gasteiger partial charge in [0, 0.05) is 5.69 Å². The summed E-state index contributed by atoms with van der Waals surface area (Å²) in [5.41, 5.74) is 1.60. The van der Waals surface area contributed by atoms with Gasteiger partial charge in [0.15, 0.2) is 0 Å². The van der Waals surface area contributed by atoms with Gasteiger partial charge in [-0.15, -0.1) is 0 Å². The Labute approximate surface area is 164 Å². The van der Waals surface area contributed by atoms with Crippen molar-refractivity contribution in [2.75, 3.05) is 5.32 Å². The number of para-hydroxylation sites is 2. The lowest BCUT2D eigenvalue weighted by atomic mass is 10.1. The van der Waals surface area contributed by atoms with E-state index in [0.29, 0.717) is 27.0 Å². The minimum absolute atomic E-state index is 0.158. The SMILES string of the molecule is O=C(O)C[C@H](NC(=O)Cc1ccccc1Nc1c(Cl)cccc1Cl)C(=O)O. The second-order valence-electron chi connectivity index (χ2n) is 5.61. The Bertz CT molecular complexity index is 852. The van der Waals surface area contributed by atoms with E-state index in [4.69, 9.17) is 33.4 Å². The minimum atomic E-state index is -1.51. The van der Waals surface area contributed by atoms with Crippen molar-refractivity contribution in [1.29, 1.82) is 0 Å². The van der Waals surface area contributed by atoms with E-state index in [9.17, 15) is 14.4 Å². The average Bonchev–Trinajstić information content (AvgIpc) is 2.58. The number of anilines is 2. The van der Waals surface area contributed by atoms with Crippen molar-refractivity contribution in [3.63, 3.8) is 0 Å². The summed E-state index contributed by atoms with van der Waals surface area (Å²) in [6.45, 7) is 0. The van der Waals surface area contributed by atoms with Crippen LogP contribution in [-0.4, -0.2) is 34.1 Å². The summed E-state index contributed by atoms with van der Waals surface area (Å²) in [5, 5.41) is 23.8. The molecule has 142 valence electrons. The highest BCUT2D eigenvalue weighted by atomic mass is 35.5. The maximum Gasteiger partial charge on any atom is 0.326 e. The first-order chi connectivity index (χ1) is 12.8. The molecule has 0 aliphatic heterocycles. The largest absolute Gasteiger partial charge is 0.481 e. The third-order valence-corrected chi connectivity index (χ3v) is 4.23. The van der Waals surface area contributed by atoms with E-state index < -0.39 is 30.3 Å². The number of benzene rings is 2. The molecule has 9 heteroatoms. The number of carboxylic acid groups (broad SMARTS) is 2. The monoisotopic (exact) mass is 410 g/mol. The van der Waals surface area contributed by atoms with E-state index in [1.165, 1.54) is 0 Å². The summed E-state index contributed by atoms with van der Waals surface area (Å²) in [4.78, 5) is 34.0. The van der Waals surface area contributed by atoms with Gasteiger partial charge in [-0.25, -0.2) is 4.79 Å². The van der Waals surface area contributed by atoms with Crippen LogP contribution >= 0.6 is 23.2 Å². The summed E-state index contributed by atoms with van der Waals surface area (Å²) in [6.07, 6.45) is -0.870. The molecule has 0 unspecified atom stereocenters. The van der Waals surface area contributed by atoms with Crippen molar-refractivity contribution < 1.29 is 24.6 Å². The molecule has 2 rings (SSSR count). The smallest absolute Gasteiger partial charge is 0.326 e. The average molecular weight is 411 g/mol. The maximum absolute atomic E-state index is 12.2. The number of halogens is 2. The first kappa shape index (κ1) is 20.5. The van der Waals surface area contributed by atoms with Crippen LogP contribution in [0.5, 0.6) is 0 Å². The van der Waals surface area contributed by atoms with Crippen LogP contribution in [0.15, 0.2) is 42.5 Å². The Morgan fingerprint density at radius 2 is 1.59 bits per heavy atom. The molecule has 0 bridgehead atoms. The zero-order valence-corrected chi connectivity index (χ0v) is 15.4. The van der Waals surface area contributed by atoms with Gasteiger partial charge >= 0.3 is 11.9 Å². The Hall–Kier alpha value is -2.77. The molecule has 4 N–H and O–H groups in total. The Balaban J connectivity index is 2.17. The molecular weight excluding hydrogens is 395 g/mol. The second kappa shape index (κ2) is 9.25. The van der Waals surface area contributed by atoms with Gasteiger partial charge in [-0.2, -0.15) is 0 Å². The fourth-order valence-electron chi connectivity index (χ4n) is 2.34. The van der Waals surface area contributed by atoms with Crippen LogP contribution in [0.2, 0.25) is 10.0 Å². The number of carboxylic acids is 2. The zero-order chi connectivity index (χ0) is 20.0. The number of amides is 1. The van der Waals surface area contributed by atoms with Gasteiger partial charge in [0.05, 0.1) is 28.6 Å². The van der Waals surface area contributed by atoms with Gasteiger partial charge in [0.2, 0.25) is 5.91 Å². The quantitative estimate of drug-likeness (QED) is 0.530. The molecule has 0 aromatic heterocycles.